The van der Waals surface area contributed by atoms with Gasteiger partial charge in [0.25, 0.3) is 5.91 Å². The SMILES string of the molecule is CN1C(=O)C(CC(=O)Nc2ccc(I)cc2)N(Cc2ccc3c(c2)OCO3)C1=S. The number of likely N-dealkylation sites (N-methyl/N-ethyl adjacent to an activating group) is 1. The van der Waals surface area contributed by atoms with Crippen molar-refractivity contribution in [1.29, 1.82) is 0 Å². The van der Waals surface area contributed by atoms with Gasteiger partial charge in [0.15, 0.2) is 16.6 Å². The van der Waals surface area contributed by atoms with E-state index in [1.165, 1.54) is 4.90 Å². The van der Waals surface area contributed by atoms with Crippen molar-refractivity contribution in [2.45, 2.75) is 19.0 Å². The van der Waals surface area contributed by atoms with Gasteiger partial charge in [-0.3, -0.25) is 14.5 Å². The first-order valence-electron chi connectivity index (χ1n) is 8.94. The quantitative estimate of drug-likeness (QED) is 0.480. The molecule has 2 aliphatic heterocycles. The molecule has 0 bridgehead atoms. The van der Waals surface area contributed by atoms with Crippen LogP contribution in [0.3, 0.4) is 0 Å². The Morgan fingerprint density at radius 2 is 1.93 bits per heavy atom. The van der Waals surface area contributed by atoms with E-state index in [0.717, 1.165) is 9.13 Å². The van der Waals surface area contributed by atoms with Crippen LogP contribution in [0.25, 0.3) is 0 Å². The zero-order valence-electron chi connectivity index (χ0n) is 15.6. The third-order valence-corrected chi connectivity index (χ3v) is 6.05. The van der Waals surface area contributed by atoms with Gasteiger partial charge < -0.3 is 19.7 Å². The zero-order chi connectivity index (χ0) is 20.5. The standard InChI is InChI=1S/C20H18IN3O4S/c1-23-19(26)15(9-18(25)22-14-5-3-13(21)4-6-14)24(20(23)29)10-12-2-7-16-17(8-12)28-11-27-16/h2-8,15H,9-11H2,1H3,(H,22,25). The number of anilines is 1. The number of thiocarbonyl (C=S) groups is 1. The molecule has 2 heterocycles. The van der Waals surface area contributed by atoms with E-state index in [2.05, 4.69) is 27.9 Å². The van der Waals surface area contributed by atoms with Gasteiger partial charge in [0.1, 0.15) is 6.04 Å². The molecule has 1 atom stereocenters. The summed E-state index contributed by atoms with van der Waals surface area (Å²) in [5.74, 6) is 0.937. The lowest BCUT2D eigenvalue weighted by atomic mass is 10.1. The molecular weight excluding hydrogens is 505 g/mol. The number of ether oxygens (including phenoxy) is 2. The van der Waals surface area contributed by atoms with Gasteiger partial charge in [-0.2, -0.15) is 0 Å². The van der Waals surface area contributed by atoms with Gasteiger partial charge in [-0.1, -0.05) is 6.07 Å². The molecule has 4 rings (SSSR count). The average Bonchev–Trinajstić information content (AvgIpc) is 3.24. The smallest absolute Gasteiger partial charge is 0.251 e. The highest BCUT2D eigenvalue weighted by Crippen LogP contribution is 2.33. The second-order valence-electron chi connectivity index (χ2n) is 6.77. The van der Waals surface area contributed by atoms with Gasteiger partial charge >= 0.3 is 0 Å². The van der Waals surface area contributed by atoms with Gasteiger partial charge in [-0.05, 0) is 76.8 Å². The summed E-state index contributed by atoms with van der Waals surface area (Å²) < 4.78 is 11.8. The van der Waals surface area contributed by atoms with Crippen molar-refractivity contribution in [3.63, 3.8) is 0 Å². The molecule has 150 valence electrons. The highest BCUT2D eigenvalue weighted by molar-refractivity contribution is 14.1. The van der Waals surface area contributed by atoms with Crippen LogP contribution in [0.4, 0.5) is 5.69 Å². The Balaban J connectivity index is 1.49. The van der Waals surface area contributed by atoms with Crippen molar-refractivity contribution in [3.8, 4) is 11.5 Å². The van der Waals surface area contributed by atoms with Crippen LogP contribution < -0.4 is 14.8 Å². The number of nitrogens with zero attached hydrogens (tertiary/aromatic N) is 2. The second-order valence-corrected chi connectivity index (χ2v) is 8.38. The fourth-order valence-corrected chi connectivity index (χ4v) is 3.95. The van der Waals surface area contributed by atoms with Gasteiger partial charge in [0.2, 0.25) is 12.7 Å². The first kappa shape index (κ1) is 19.9. The number of hydrogen-bond donors (Lipinski definition) is 1. The van der Waals surface area contributed by atoms with Crippen LogP contribution in [0.1, 0.15) is 12.0 Å². The molecule has 0 aliphatic carbocycles. The van der Waals surface area contributed by atoms with E-state index in [1.807, 2.05) is 42.5 Å². The maximum Gasteiger partial charge on any atom is 0.251 e. The summed E-state index contributed by atoms with van der Waals surface area (Å²) in [6.07, 6.45) is 0.0137. The van der Waals surface area contributed by atoms with Crippen LogP contribution in [-0.4, -0.2) is 46.6 Å². The molecule has 1 N–H and O–H groups in total. The number of benzene rings is 2. The molecule has 2 aliphatic rings. The summed E-state index contributed by atoms with van der Waals surface area (Å²) in [6.45, 7) is 0.594. The van der Waals surface area contributed by atoms with Gasteiger partial charge in [-0.15, -0.1) is 0 Å². The number of carbonyl (C=O) groups excluding carboxylic acids is 2. The summed E-state index contributed by atoms with van der Waals surface area (Å²) >= 11 is 7.66. The number of nitrogens with one attached hydrogen (secondary N) is 1. The largest absolute Gasteiger partial charge is 0.454 e. The minimum atomic E-state index is -0.651. The molecule has 2 aromatic carbocycles. The molecule has 29 heavy (non-hydrogen) atoms. The van der Waals surface area contributed by atoms with Crippen LogP contribution in [0, 0.1) is 3.57 Å². The molecule has 0 aromatic heterocycles. The predicted molar refractivity (Wildman–Crippen MR) is 120 cm³/mol. The Hall–Kier alpha value is -2.40. The molecule has 1 fully saturated rings. The summed E-state index contributed by atoms with van der Waals surface area (Å²) in [7, 11) is 1.63. The highest BCUT2D eigenvalue weighted by atomic mass is 127. The molecule has 1 unspecified atom stereocenters. The first-order valence-corrected chi connectivity index (χ1v) is 10.4. The minimum absolute atomic E-state index is 0.0137. The van der Waals surface area contributed by atoms with Crippen LogP contribution in [-0.2, 0) is 16.1 Å². The Labute approximate surface area is 187 Å². The van der Waals surface area contributed by atoms with E-state index in [1.54, 1.807) is 11.9 Å². The molecular formula is C20H18IN3O4S. The van der Waals surface area contributed by atoms with E-state index in [0.29, 0.717) is 28.8 Å². The van der Waals surface area contributed by atoms with Crippen LogP contribution in [0.5, 0.6) is 11.5 Å². The van der Waals surface area contributed by atoms with Gasteiger partial charge in [0, 0.05) is 22.8 Å². The molecule has 2 aromatic rings. The molecule has 7 nitrogen and oxygen atoms in total. The maximum absolute atomic E-state index is 12.7. The molecule has 2 amide bonds. The zero-order valence-corrected chi connectivity index (χ0v) is 18.5. The van der Waals surface area contributed by atoms with E-state index in [4.69, 9.17) is 21.7 Å². The fraction of sp³-hybridized carbons (Fsp3) is 0.250. The lowest BCUT2D eigenvalue weighted by Crippen LogP contribution is -2.37. The number of carbonyl (C=O) groups is 2. The van der Waals surface area contributed by atoms with Crippen molar-refractivity contribution in [2.75, 3.05) is 19.2 Å². The topological polar surface area (TPSA) is 71.1 Å². The Kier molecular flexibility index (Phi) is 5.59. The fourth-order valence-electron chi connectivity index (χ4n) is 3.31. The van der Waals surface area contributed by atoms with Crippen molar-refractivity contribution in [1.82, 2.24) is 9.80 Å². The Morgan fingerprint density at radius 1 is 1.21 bits per heavy atom. The Morgan fingerprint density at radius 3 is 2.69 bits per heavy atom. The lowest BCUT2D eigenvalue weighted by molar-refractivity contribution is -0.130. The Bertz CT molecular complexity index is 982. The van der Waals surface area contributed by atoms with E-state index in [9.17, 15) is 9.59 Å². The van der Waals surface area contributed by atoms with Crippen LogP contribution in [0.15, 0.2) is 42.5 Å². The monoisotopic (exact) mass is 523 g/mol. The summed E-state index contributed by atoms with van der Waals surface area (Å²) in [5.41, 5.74) is 1.61. The van der Waals surface area contributed by atoms with Crippen LogP contribution in [0.2, 0.25) is 0 Å². The number of rotatable bonds is 5. The van der Waals surface area contributed by atoms with Gasteiger partial charge in [-0.25, -0.2) is 0 Å². The number of hydrogen-bond acceptors (Lipinski definition) is 5. The molecule has 9 heteroatoms. The first-order chi connectivity index (χ1) is 13.9. The minimum Gasteiger partial charge on any atom is -0.454 e. The lowest BCUT2D eigenvalue weighted by Gasteiger charge is -2.23. The van der Waals surface area contributed by atoms with E-state index in [-0.39, 0.29) is 25.0 Å². The maximum atomic E-state index is 12.7. The van der Waals surface area contributed by atoms with Crippen molar-refractivity contribution in [2.24, 2.45) is 0 Å². The summed E-state index contributed by atoms with van der Waals surface area (Å²) in [5, 5.41) is 3.25. The molecule has 1 saturated heterocycles. The van der Waals surface area contributed by atoms with E-state index >= 15 is 0 Å². The highest BCUT2D eigenvalue weighted by Gasteiger charge is 2.41. The second kappa shape index (κ2) is 8.15. The number of fused-ring (bicyclic) bond motifs is 1. The summed E-state index contributed by atoms with van der Waals surface area (Å²) in [4.78, 5) is 28.5. The van der Waals surface area contributed by atoms with E-state index < -0.39 is 6.04 Å². The van der Waals surface area contributed by atoms with Crippen molar-refractivity contribution >= 4 is 57.4 Å². The predicted octanol–water partition coefficient (Wildman–Crippen LogP) is 2.98. The number of halogens is 1. The van der Waals surface area contributed by atoms with Gasteiger partial charge in [0.05, 0.1) is 6.42 Å². The van der Waals surface area contributed by atoms with Crippen molar-refractivity contribution in [3.05, 3.63) is 51.6 Å². The molecule has 0 radical (unpaired) electrons. The van der Waals surface area contributed by atoms with Crippen molar-refractivity contribution < 1.29 is 19.1 Å². The third kappa shape index (κ3) is 4.15. The molecule has 0 spiro atoms. The van der Waals surface area contributed by atoms with Crippen LogP contribution >= 0.6 is 34.8 Å². The normalized spacial score (nSPS) is 17.8. The summed E-state index contributed by atoms with van der Waals surface area (Å²) in [6, 6.07) is 12.4. The molecule has 0 saturated carbocycles. The average molecular weight is 523 g/mol. The number of amides is 2. The third-order valence-electron chi connectivity index (χ3n) is 4.82.